The number of fused-ring (bicyclic) bond motifs is 1. The molecule has 0 saturated heterocycles. The minimum absolute atomic E-state index is 0.297. The molecule has 1 heterocycles. The Morgan fingerprint density at radius 3 is 2.62 bits per heavy atom. The molecule has 0 saturated carbocycles. The Bertz CT molecular complexity index is 545. The van der Waals surface area contributed by atoms with Crippen LogP contribution in [0, 0.1) is 0 Å². The second-order valence-electron chi connectivity index (χ2n) is 2.43. The van der Waals surface area contributed by atoms with Gasteiger partial charge in [-0.1, -0.05) is 0 Å². The summed E-state index contributed by atoms with van der Waals surface area (Å²) in [6, 6.07) is 3.80. The Balaban J connectivity index is 2.75. The molecular weight excluding hydrogens is 194 g/mol. The lowest BCUT2D eigenvalue weighted by Gasteiger charge is -2.04. The van der Waals surface area contributed by atoms with Gasteiger partial charge >= 0.3 is 0 Å². The molecule has 1 aromatic carbocycles. The highest BCUT2D eigenvalue weighted by Crippen LogP contribution is 2.14. The largest absolute Gasteiger partial charge is 0.744 e. The molecule has 13 heavy (non-hydrogen) atoms. The van der Waals surface area contributed by atoms with Crippen molar-refractivity contribution >= 4 is 21.2 Å². The smallest absolute Gasteiger partial charge is 0.124 e. The molecule has 1 N–H and O–H groups in total. The van der Waals surface area contributed by atoms with Crippen molar-refractivity contribution in [2.24, 2.45) is 0 Å². The van der Waals surface area contributed by atoms with Crippen LogP contribution in [0.5, 0.6) is 0 Å². The standard InChI is InChI=1S/C6H5N3O3S/c10-13(11,12)4-1-2-5-6(3-4)8-9-7-5/h1-3H,(H,7,8,9)(H,10,11,12)/p-1. The molecule has 0 aliphatic heterocycles. The van der Waals surface area contributed by atoms with E-state index < -0.39 is 10.1 Å². The van der Waals surface area contributed by atoms with E-state index in [1.807, 2.05) is 0 Å². The third-order valence-corrected chi connectivity index (χ3v) is 2.41. The molecule has 0 radical (unpaired) electrons. The van der Waals surface area contributed by atoms with E-state index in [2.05, 4.69) is 15.4 Å². The third-order valence-electron chi connectivity index (χ3n) is 1.58. The van der Waals surface area contributed by atoms with E-state index in [9.17, 15) is 13.0 Å². The summed E-state index contributed by atoms with van der Waals surface area (Å²) in [5.74, 6) is 0. The monoisotopic (exact) mass is 198 g/mol. The molecule has 68 valence electrons. The van der Waals surface area contributed by atoms with Gasteiger partial charge in [0.05, 0.1) is 4.90 Å². The highest BCUT2D eigenvalue weighted by molar-refractivity contribution is 7.85. The van der Waals surface area contributed by atoms with Crippen molar-refractivity contribution in [2.75, 3.05) is 0 Å². The van der Waals surface area contributed by atoms with Gasteiger partial charge in [0.2, 0.25) is 0 Å². The third kappa shape index (κ3) is 1.38. The molecule has 0 atom stereocenters. The van der Waals surface area contributed by atoms with Crippen molar-refractivity contribution < 1.29 is 13.0 Å². The number of nitrogens with one attached hydrogen (secondary N) is 1. The van der Waals surface area contributed by atoms with E-state index in [0.717, 1.165) is 0 Å². The highest BCUT2D eigenvalue weighted by atomic mass is 32.2. The number of hydrogen-bond donors (Lipinski definition) is 1. The maximum Gasteiger partial charge on any atom is 0.124 e. The second-order valence-corrected chi connectivity index (χ2v) is 3.81. The molecule has 6 nitrogen and oxygen atoms in total. The highest BCUT2D eigenvalue weighted by Gasteiger charge is 2.04. The first-order chi connectivity index (χ1) is 6.07. The van der Waals surface area contributed by atoms with Gasteiger partial charge in [-0.05, 0) is 18.2 Å². The predicted molar refractivity (Wildman–Crippen MR) is 41.9 cm³/mol. The van der Waals surface area contributed by atoms with Gasteiger partial charge < -0.3 is 4.55 Å². The van der Waals surface area contributed by atoms with Gasteiger partial charge in [-0.15, -0.1) is 0 Å². The van der Waals surface area contributed by atoms with E-state index in [1.54, 1.807) is 0 Å². The van der Waals surface area contributed by atoms with Crippen LogP contribution in [-0.4, -0.2) is 28.4 Å². The summed E-state index contributed by atoms with van der Waals surface area (Å²) in [7, 11) is -4.40. The number of nitrogens with zero attached hydrogens (tertiary/aromatic N) is 2. The van der Waals surface area contributed by atoms with Crippen molar-refractivity contribution in [3.05, 3.63) is 18.2 Å². The van der Waals surface area contributed by atoms with Crippen LogP contribution in [0.3, 0.4) is 0 Å². The molecule has 0 unspecified atom stereocenters. The first-order valence-electron chi connectivity index (χ1n) is 3.34. The molecule has 0 aliphatic carbocycles. The predicted octanol–water partition coefficient (Wildman–Crippen LogP) is -0.138. The minimum atomic E-state index is -4.40. The molecule has 0 amide bonds. The van der Waals surface area contributed by atoms with E-state index in [1.165, 1.54) is 18.2 Å². The van der Waals surface area contributed by atoms with Crippen molar-refractivity contribution in [3.8, 4) is 0 Å². The first kappa shape index (κ1) is 8.14. The summed E-state index contributed by atoms with van der Waals surface area (Å²) in [6.45, 7) is 0. The van der Waals surface area contributed by atoms with E-state index in [-0.39, 0.29) is 4.90 Å². The number of benzene rings is 1. The molecule has 0 spiro atoms. The normalized spacial score (nSPS) is 12.1. The van der Waals surface area contributed by atoms with E-state index >= 15 is 0 Å². The molecule has 2 aromatic rings. The van der Waals surface area contributed by atoms with Gasteiger partial charge in [-0.2, -0.15) is 15.4 Å². The average Bonchev–Trinajstić information content (AvgIpc) is 2.47. The summed E-state index contributed by atoms with van der Waals surface area (Å²) in [6.07, 6.45) is 0. The number of aromatic nitrogens is 3. The number of hydrogen-bond acceptors (Lipinski definition) is 5. The Kier molecular flexibility index (Phi) is 1.57. The Hall–Kier alpha value is -1.47. The molecule has 0 bridgehead atoms. The van der Waals surface area contributed by atoms with Gasteiger partial charge in [0.1, 0.15) is 21.2 Å². The zero-order valence-electron chi connectivity index (χ0n) is 6.26. The maximum atomic E-state index is 10.6. The van der Waals surface area contributed by atoms with Gasteiger partial charge in [-0.25, -0.2) is 8.42 Å². The second kappa shape index (κ2) is 2.51. The summed E-state index contributed by atoms with van der Waals surface area (Å²) in [5, 5.41) is 9.68. The van der Waals surface area contributed by atoms with Crippen LogP contribution < -0.4 is 0 Å². The number of rotatable bonds is 1. The van der Waals surface area contributed by atoms with Crippen LogP contribution >= 0.6 is 0 Å². The van der Waals surface area contributed by atoms with Crippen molar-refractivity contribution in [3.63, 3.8) is 0 Å². The van der Waals surface area contributed by atoms with Gasteiger partial charge in [0, 0.05) is 0 Å². The maximum absolute atomic E-state index is 10.6. The van der Waals surface area contributed by atoms with Crippen molar-refractivity contribution in [1.29, 1.82) is 0 Å². The van der Waals surface area contributed by atoms with Gasteiger partial charge in [0.15, 0.2) is 0 Å². The van der Waals surface area contributed by atoms with Gasteiger partial charge in [-0.3, -0.25) is 0 Å². The van der Waals surface area contributed by atoms with Crippen LogP contribution in [0.4, 0.5) is 0 Å². The van der Waals surface area contributed by atoms with Gasteiger partial charge in [0.25, 0.3) is 0 Å². The van der Waals surface area contributed by atoms with Crippen LogP contribution in [0.25, 0.3) is 11.0 Å². The molecule has 0 fully saturated rings. The summed E-state index contributed by atoms with van der Waals surface area (Å²) in [5.41, 5.74) is 0.879. The molecule has 2 rings (SSSR count). The van der Waals surface area contributed by atoms with Crippen LogP contribution in [-0.2, 0) is 10.1 Å². The Labute approximate surface area is 73.3 Å². The summed E-state index contributed by atoms with van der Waals surface area (Å²) >= 11 is 0. The lowest BCUT2D eigenvalue weighted by molar-refractivity contribution is 0.463. The van der Waals surface area contributed by atoms with E-state index in [0.29, 0.717) is 11.0 Å². The average molecular weight is 198 g/mol. The minimum Gasteiger partial charge on any atom is -0.744 e. The van der Waals surface area contributed by atoms with E-state index in [4.69, 9.17) is 0 Å². The Morgan fingerprint density at radius 1 is 1.23 bits per heavy atom. The quantitative estimate of drug-likeness (QED) is 0.643. The van der Waals surface area contributed by atoms with Crippen molar-refractivity contribution in [1.82, 2.24) is 15.4 Å². The molecule has 1 aromatic heterocycles. The fourth-order valence-electron chi connectivity index (χ4n) is 0.976. The van der Waals surface area contributed by atoms with Crippen LogP contribution in [0.15, 0.2) is 23.1 Å². The fraction of sp³-hybridized carbons (Fsp3) is 0. The topological polar surface area (TPSA) is 98.8 Å². The lowest BCUT2D eigenvalue weighted by atomic mass is 10.3. The lowest BCUT2D eigenvalue weighted by Crippen LogP contribution is -1.97. The Morgan fingerprint density at radius 2 is 1.92 bits per heavy atom. The zero-order chi connectivity index (χ0) is 9.47. The SMILES string of the molecule is O=S(=O)([O-])c1ccc2n[nH]nc2c1. The summed E-state index contributed by atoms with van der Waals surface area (Å²) < 4.78 is 31.8. The summed E-state index contributed by atoms with van der Waals surface area (Å²) in [4.78, 5) is -0.297. The number of H-pyrrole nitrogens is 1. The fourth-order valence-corrected chi connectivity index (χ4v) is 1.47. The van der Waals surface area contributed by atoms with Crippen molar-refractivity contribution in [2.45, 2.75) is 4.90 Å². The first-order valence-corrected chi connectivity index (χ1v) is 4.74. The number of aromatic amines is 1. The van der Waals surface area contributed by atoms with Crippen LogP contribution in [0.1, 0.15) is 0 Å². The zero-order valence-corrected chi connectivity index (χ0v) is 7.08. The molecular formula is C6H4N3O3S-. The molecule has 0 aliphatic rings. The van der Waals surface area contributed by atoms with Crippen LogP contribution in [0.2, 0.25) is 0 Å². The molecule has 7 heteroatoms.